The first-order valence-corrected chi connectivity index (χ1v) is 10.1. The molecule has 3 rings (SSSR count). The van der Waals surface area contributed by atoms with Crippen LogP contribution in [0, 0.1) is 12.8 Å². The van der Waals surface area contributed by atoms with Crippen LogP contribution in [-0.2, 0) is 22.6 Å². The number of aromatic amines is 1. The normalized spacial score (nSPS) is 16.8. The molecule has 2 aromatic rings. The smallest absolute Gasteiger partial charge is 0.414 e. The molecule has 1 aliphatic heterocycles. The maximum absolute atomic E-state index is 11.8. The van der Waals surface area contributed by atoms with Crippen molar-refractivity contribution in [1.82, 2.24) is 14.9 Å². The Hall–Kier alpha value is -3.00. The largest absolute Gasteiger partial charge is 0.473 e. The van der Waals surface area contributed by atoms with Gasteiger partial charge in [0.25, 0.3) is 5.56 Å². The zero-order chi connectivity index (χ0) is 21.9. The lowest BCUT2D eigenvalue weighted by molar-refractivity contribution is -0.159. The minimum atomic E-state index is -1.82. The second-order valence-corrected chi connectivity index (χ2v) is 7.51. The predicted octanol–water partition coefficient (Wildman–Crippen LogP) is 2.47. The van der Waals surface area contributed by atoms with Crippen molar-refractivity contribution in [3.63, 3.8) is 0 Å². The van der Waals surface area contributed by atoms with E-state index in [1.807, 2.05) is 0 Å². The van der Waals surface area contributed by atoms with E-state index in [0.29, 0.717) is 12.2 Å². The molecule has 30 heavy (non-hydrogen) atoms. The number of H-pyrrole nitrogens is 1. The van der Waals surface area contributed by atoms with Gasteiger partial charge in [-0.3, -0.25) is 14.7 Å². The van der Waals surface area contributed by atoms with E-state index in [1.54, 1.807) is 12.4 Å². The van der Waals surface area contributed by atoms with Crippen molar-refractivity contribution in [1.29, 1.82) is 0 Å². The van der Waals surface area contributed by atoms with Crippen molar-refractivity contribution >= 4 is 11.9 Å². The second kappa shape index (κ2) is 11.9. The molecule has 0 bridgehead atoms. The maximum atomic E-state index is 11.8. The number of aliphatic carboxylic acids is 2. The van der Waals surface area contributed by atoms with E-state index in [1.165, 1.54) is 43.2 Å². The van der Waals surface area contributed by atoms with Crippen LogP contribution in [0.25, 0.3) is 0 Å². The summed E-state index contributed by atoms with van der Waals surface area (Å²) < 4.78 is 0. The average Bonchev–Trinajstić information content (AvgIpc) is 2.95. The maximum Gasteiger partial charge on any atom is 0.414 e. The number of aryl methyl sites for hydroxylation is 2. The van der Waals surface area contributed by atoms with Gasteiger partial charge >= 0.3 is 11.9 Å². The summed E-state index contributed by atoms with van der Waals surface area (Å²) in [6, 6.07) is 8.71. The summed E-state index contributed by atoms with van der Waals surface area (Å²) in [7, 11) is 0. The zero-order valence-electron chi connectivity index (χ0n) is 17.2. The van der Waals surface area contributed by atoms with Gasteiger partial charge in [0, 0.05) is 18.9 Å². The highest BCUT2D eigenvalue weighted by Gasteiger charge is 2.18. The Bertz CT molecular complexity index is 884. The molecule has 0 aliphatic carbocycles. The lowest BCUT2D eigenvalue weighted by Crippen LogP contribution is -2.28. The van der Waals surface area contributed by atoms with Gasteiger partial charge in [0.2, 0.25) is 0 Å². The fourth-order valence-electron chi connectivity index (χ4n) is 3.63. The molecule has 8 heteroatoms. The Morgan fingerprint density at radius 3 is 2.57 bits per heavy atom. The van der Waals surface area contributed by atoms with Crippen LogP contribution in [0.2, 0.25) is 0 Å². The van der Waals surface area contributed by atoms with Gasteiger partial charge in [-0.1, -0.05) is 24.3 Å². The SMILES string of the molecule is Cc1ccccc1CCC1CCCN(Cc2ncc[nH]c2=O)CC1.O=C(O)C(=O)O. The van der Waals surface area contributed by atoms with Gasteiger partial charge < -0.3 is 15.2 Å². The molecule has 0 amide bonds. The molecule has 1 atom stereocenters. The molecule has 0 saturated carbocycles. The summed E-state index contributed by atoms with van der Waals surface area (Å²) in [5.41, 5.74) is 3.47. The van der Waals surface area contributed by atoms with Crippen molar-refractivity contribution < 1.29 is 19.8 Å². The van der Waals surface area contributed by atoms with Gasteiger partial charge in [-0.25, -0.2) is 9.59 Å². The van der Waals surface area contributed by atoms with Crippen LogP contribution in [0.1, 0.15) is 42.5 Å². The highest BCUT2D eigenvalue weighted by Crippen LogP contribution is 2.24. The summed E-state index contributed by atoms with van der Waals surface area (Å²) in [6.45, 7) is 5.00. The van der Waals surface area contributed by atoms with E-state index in [0.717, 1.165) is 19.0 Å². The summed E-state index contributed by atoms with van der Waals surface area (Å²) in [5.74, 6) is -2.86. The summed E-state index contributed by atoms with van der Waals surface area (Å²) in [6.07, 6.45) is 9.43. The van der Waals surface area contributed by atoms with Crippen molar-refractivity contribution in [3.05, 3.63) is 63.8 Å². The number of nitrogens with one attached hydrogen (secondary N) is 1. The van der Waals surface area contributed by atoms with E-state index in [9.17, 15) is 4.79 Å². The number of rotatable bonds is 5. The van der Waals surface area contributed by atoms with Crippen LogP contribution >= 0.6 is 0 Å². The topological polar surface area (TPSA) is 124 Å². The number of carbonyl (C=O) groups is 2. The first kappa shape index (κ1) is 23.3. The number of hydrogen-bond acceptors (Lipinski definition) is 5. The third-order valence-electron chi connectivity index (χ3n) is 5.36. The van der Waals surface area contributed by atoms with E-state index in [2.05, 4.69) is 46.1 Å². The predicted molar refractivity (Wildman–Crippen MR) is 112 cm³/mol. The zero-order valence-corrected chi connectivity index (χ0v) is 17.2. The number of nitrogens with zero attached hydrogens (tertiary/aromatic N) is 2. The average molecular weight is 415 g/mol. The van der Waals surface area contributed by atoms with Crippen molar-refractivity contribution in [2.45, 2.75) is 45.6 Å². The summed E-state index contributed by atoms with van der Waals surface area (Å²) in [5, 5.41) is 14.8. The Morgan fingerprint density at radius 2 is 1.90 bits per heavy atom. The molecule has 8 nitrogen and oxygen atoms in total. The molecule has 162 valence electrons. The van der Waals surface area contributed by atoms with Crippen molar-refractivity contribution in [2.75, 3.05) is 13.1 Å². The molecule has 0 radical (unpaired) electrons. The standard InChI is InChI=1S/C20H27N3O.C2H2O4/c1-16-5-2-3-7-18(16)9-8-17-6-4-13-23(14-10-17)15-19-20(24)22-12-11-21-19;3-1(4)2(5)6/h2-3,5,7,11-12,17H,4,6,8-10,13-15H2,1H3,(H,22,24);(H,3,4)(H,5,6). The van der Waals surface area contributed by atoms with Gasteiger partial charge in [-0.15, -0.1) is 0 Å². The number of hydrogen-bond donors (Lipinski definition) is 3. The molecule has 0 spiro atoms. The van der Waals surface area contributed by atoms with Gasteiger partial charge in [0.15, 0.2) is 0 Å². The highest BCUT2D eigenvalue weighted by molar-refractivity contribution is 6.27. The quantitative estimate of drug-likeness (QED) is 0.641. The van der Waals surface area contributed by atoms with Gasteiger partial charge in [-0.2, -0.15) is 0 Å². The van der Waals surface area contributed by atoms with Crippen molar-refractivity contribution in [3.8, 4) is 0 Å². The van der Waals surface area contributed by atoms with Gasteiger partial charge in [-0.05, 0) is 69.2 Å². The highest BCUT2D eigenvalue weighted by atomic mass is 16.4. The molecule has 1 unspecified atom stereocenters. The van der Waals surface area contributed by atoms with Gasteiger partial charge in [0.05, 0.1) is 0 Å². The lowest BCUT2D eigenvalue weighted by Gasteiger charge is -2.19. The van der Waals surface area contributed by atoms with Crippen LogP contribution in [0.5, 0.6) is 0 Å². The molecule has 1 aromatic heterocycles. The summed E-state index contributed by atoms with van der Waals surface area (Å²) in [4.78, 5) is 39.3. The van der Waals surface area contributed by atoms with E-state index in [4.69, 9.17) is 19.8 Å². The fraction of sp³-hybridized carbons (Fsp3) is 0.455. The van der Waals surface area contributed by atoms with Crippen LogP contribution in [0.4, 0.5) is 0 Å². The number of benzene rings is 1. The molecule has 2 heterocycles. The lowest BCUT2D eigenvalue weighted by atomic mass is 9.92. The minimum Gasteiger partial charge on any atom is -0.473 e. The molecule has 3 N–H and O–H groups in total. The van der Waals surface area contributed by atoms with E-state index >= 15 is 0 Å². The molecule has 1 aliphatic rings. The number of aromatic nitrogens is 2. The second-order valence-electron chi connectivity index (χ2n) is 7.51. The monoisotopic (exact) mass is 415 g/mol. The minimum absolute atomic E-state index is 0.0575. The first-order valence-electron chi connectivity index (χ1n) is 10.1. The van der Waals surface area contributed by atoms with E-state index < -0.39 is 11.9 Å². The number of carboxylic acid groups (broad SMARTS) is 2. The number of likely N-dealkylation sites (tertiary alicyclic amines) is 1. The van der Waals surface area contributed by atoms with Crippen molar-refractivity contribution in [2.24, 2.45) is 5.92 Å². The number of carboxylic acids is 2. The van der Waals surface area contributed by atoms with Crippen LogP contribution in [0.15, 0.2) is 41.5 Å². The van der Waals surface area contributed by atoms with E-state index in [-0.39, 0.29) is 5.56 Å². The molecule has 1 fully saturated rings. The van der Waals surface area contributed by atoms with Crippen LogP contribution in [-0.4, -0.2) is 50.1 Å². The Balaban J connectivity index is 0.000000469. The van der Waals surface area contributed by atoms with Gasteiger partial charge in [0.1, 0.15) is 5.69 Å². The Kier molecular flexibility index (Phi) is 9.21. The summed E-state index contributed by atoms with van der Waals surface area (Å²) >= 11 is 0. The molecule has 1 saturated heterocycles. The molecular formula is C22H29N3O5. The molecule has 1 aromatic carbocycles. The Labute approximate surface area is 175 Å². The molecular weight excluding hydrogens is 386 g/mol. The fourth-order valence-corrected chi connectivity index (χ4v) is 3.63. The Morgan fingerprint density at radius 1 is 1.17 bits per heavy atom. The first-order chi connectivity index (χ1) is 14.4. The van der Waals surface area contributed by atoms with Crippen LogP contribution in [0.3, 0.4) is 0 Å². The third-order valence-corrected chi connectivity index (χ3v) is 5.36. The third kappa shape index (κ3) is 7.79. The van der Waals surface area contributed by atoms with Crippen LogP contribution < -0.4 is 5.56 Å².